The van der Waals surface area contributed by atoms with Gasteiger partial charge in [0.1, 0.15) is 6.04 Å². The lowest BCUT2D eigenvalue weighted by Gasteiger charge is -2.41. The largest absolute Gasteiger partial charge is 0.406 e. The van der Waals surface area contributed by atoms with Crippen molar-refractivity contribution in [2.45, 2.75) is 45.1 Å². The van der Waals surface area contributed by atoms with Crippen LogP contribution in [0.5, 0.6) is 0 Å². The van der Waals surface area contributed by atoms with Crippen molar-refractivity contribution < 1.29 is 17.9 Å². The SMILES string of the molecule is CC1CN(C(C)C)C(C(F)(F)F)CO1. The Bertz CT molecular complexity index is 193. The van der Waals surface area contributed by atoms with E-state index in [1.807, 2.05) is 0 Å². The van der Waals surface area contributed by atoms with Crippen molar-refractivity contribution in [3.63, 3.8) is 0 Å². The van der Waals surface area contributed by atoms with E-state index >= 15 is 0 Å². The molecule has 1 fully saturated rings. The fourth-order valence-corrected chi connectivity index (χ4v) is 1.68. The summed E-state index contributed by atoms with van der Waals surface area (Å²) in [6, 6.07) is -1.55. The third-order valence-corrected chi connectivity index (χ3v) is 2.45. The van der Waals surface area contributed by atoms with Gasteiger partial charge in [-0.15, -0.1) is 0 Å². The molecule has 1 rings (SSSR count). The summed E-state index contributed by atoms with van der Waals surface area (Å²) in [5.41, 5.74) is 0. The number of morpholine rings is 1. The number of nitrogens with zero attached hydrogens (tertiary/aromatic N) is 1. The minimum Gasteiger partial charge on any atom is -0.375 e. The van der Waals surface area contributed by atoms with Gasteiger partial charge in [-0.1, -0.05) is 0 Å². The van der Waals surface area contributed by atoms with Crippen LogP contribution in [0.2, 0.25) is 0 Å². The number of halogens is 3. The number of hydrogen-bond acceptors (Lipinski definition) is 2. The standard InChI is InChI=1S/C9H16F3NO/c1-6(2)13-4-7(3)14-5-8(13)9(10,11)12/h6-8H,4-5H2,1-3H3. The zero-order chi connectivity index (χ0) is 10.9. The molecule has 2 atom stereocenters. The fourth-order valence-electron chi connectivity index (χ4n) is 1.68. The molecule has 1 aliphatic heterocycles. The zero-order valence-electron chi connectivity index (χ0n) is 8.64. The maximum absolute atomic E-state index is 12.6. The van der Waals surface area contributed by atoms with Gasteiger partial charge in [0.25, 0.3) is 0 Å². The van der Waals surface area contributed by atoms with Crippen LogP contribution in [0, 0.1) is 0 Å². The Labute approximate surface area is 82.0 Å². The predicted octanol–water partition coefficient (Wildman–Crippen LogP) is 2.05. The van der Waals surface area contributed by atoms with Gasteiger partial charge in [-0.3, -0.25) is 4.90 Å². The molecule has 0 aromatic heterocycles. The van der Waals surface area contributed by atoms with Crippen LogP contribution in [0.25, 0.3) is 0 Å². The molecule has 84 valence electrons. The highest BCUT2D eigenvalue weighted by Gasteiger charge is 2.47. The first-order valence-corrected chi connectivity index (χ1v) is 4.76. The number of hydrogen-bond donors (Lipinski definition) is 0. The van der Waals surface area contributed by atoms with Gasteiger partial charge in [0.2, 0.25) is 0 Å². The molecule has 2 nitrogen and oxygen atoms in total. The van der Waals surface area contributed by atoms with Crippen molar-refractivity contribution >= 4 is 0 Å². The van der Waals surface area contributed by atoms with E-state index in [2.05, 4.69) is 0 Å². The van der Waals surface area contributed by atoms with Gasteiger partial charge in [-0.05, 0) is 20.8 Å². The van der Waals surface area contributed by atoms with Crippen LogP contribution in [0.1, 0.15) is 20.8 Å². The normalized spacial score (nSPS) is 31.1. The summed E-state index contributed by atoms with van der Waals surface area (Å²) >= 11 is 0. The van der Waals surface area contributed by atoms with Crippen LogP contribution in [0.15, 0.2) is 0 Å². The monoisotopic (exact) mass is 211 g/mol. The molecule has 0 spiro atoms. The lowest BCUT2D eigenvalue weighted by Crippen LogP contribution is -2.57. The molecule has 0 saturated carbocycles. The first kappa shape index (κ1) is 11.8. The van der Waals surface area contributed by atoms with Crippen molar-refractivity contribution in [2.24, 2.45) is 0 Å². The van der Waals surface area contributed by atoms with Gasteiger partial charge in [-0.2, -0.15) is 13.2 Å². The topological polar surface area (TPSA) is 12.5 Å². The highest BCUT2D eigenvalue weighted by molar-refractivity contribution is 4.85. The smallest absolute Gasteiger partial charge is 0.375 e. The molecule has 5 heteroatoms. The molecule has 0 amide bonds. The molecule has 0 aromatic carbocycles. The third-order valence-electron chi connectivity index (χ3n) is 2.45. The van der Waals surface area contributed by atoms with Gasteiger partial charge in [0.15, 0.2) is 0 Å². The highest BCUT2D eigenvalue weighted by Crippen LogP contribution is 2.29. The van der Waals surface area contributed by atoms with Crippen molar-refractivity contribution in [3.8, 4) is 0 Å². The molecule has 0 N–H and O–H groups in total. The highest BCUT2D eigenvalue weighted by atomic mass is 19.4. The molecule has 0 aromatic rings. The summed E-state index contributed by atoms with van der Waals surface area (Å²) in [5, 5.41) is 0. The van der Waals surface area contributed by atoms with E-state index < -0.39 is 12.2 Å². The molecule has 1 aliphatic rings. The Hall–Kier alpha value is -0.290. The first-order valence-electron chi connectivity index (χ1n) is 4.76. The molecule has 0 bridgehead atoms. The minimum absolute atomic E-state index is 0.104. The minimum atomic E-state index is -4.19. The molecule has 1 heterocycles. The molecular formula is C9H16F3NO. The Balaban J connectivity index is 2.73. The summed E-state index contributed by atoms with van der Waals surface area (Å²) in [4.78, 5) is 1.45. The van der Waals surface area contributed by atoms with E-state index in [0.29, 0.717) is 6.54 Å². The first-order chi connectivity index (χ1) is 6.32. The molecule has 1 saturated heterocycles. The Morgan fingerprint density at radius 3 is 2.36 bits per heavy atom. The zero-order valence-corrected chi connectivity index (χ0v) is 8.64. The van der Waals surface area contributed by atoms with Crippen LogP contribution in [0.3, 0.4) is 0 Å². The summed E-state index contributed by atoms with van der Waals surface area (Å²) in [5.74, 6) is 0. The van der Waals surface area contributed by atoms with E-state index in [-0.39, 0.29) is 18.8 Å². The van der Waals surface area contributed by atoms with Crippen LogP contribution >= 0.6 is 0 Å². The van der Waals surface area contributed by atoms with Gasteiger partial charge in [0, 0.05) is 12.6 Å². The molecule has 0 radical (unpaired) electrons. The number of rotatable bonds is 1. The lowest BCUT2D eigenvalue weighted by molar-refractivity contribution is -0.225. The Kier molecular flexibility index (Phi) is 3.42. The summed E-state index contributed by atoms with van der Waals surface area (Å²) < 4.78 is 42.7. The van der Waals surface area contributed by atoms with E-state index in [9.17, 15) is 13.2 Å². The second kappa shape index (κ2) is 4.06. The van der Waals surface area contributed by atoms with Crippen molar-refractivity contribution in [3.05, 3.63) is 0 Å². The summed E-state index contributed by atoms with van der Waals surface area (Å²) in [6.07, 6.45) is -4.30. The van der Waals surface area contributed by atoms with E-state index in [1.165, 1.54) is 4.90 Å². The number of alkyl halides is 3. The summed E-state index contributed by atoms with van der Waals surface area (Å²) in [7, 11) is 0. The van der Waals surface area contributed by atoms with Crippen molar-refractivity contribution in [1.82, 2.24) is 4.90 Å². The van der Waals surface area contributed by atoms with Crippen LogP contribution in [0.4, 0.5) is 13.2 Å². The molecule has 14 heavy (non-hydrogen) atoms. The summed E-state index contributed by atoms with van der Waals surface area (Å²) in [6.45, 7) is 5.44. The van der Waals surface area contributed by atoms with E-state index in [0.717, 1.165) is 0 Å². The molecule has 2 unspecified atom stereocenters. The molecular weight excluding hydrogens is 195 g/mol. The number of ether oxygens (including phenoxy) is 1. The van der Waals surface area contributed by atoms with Gasteiger partial charge >= 0.3 is 6.18 Å². The molecule has 0 aliphatic carbocycles. The Morgan fingerprint density at radius 1 is 1.36 bits per heavy atom. The third kappa shape index (κ3) is 2.60. The van der Waals surface area contributed by atoms with Gasteiger partial charge in [0.05, 0.1) is 12.7 Å². The average Bonchev–Trinajstić information content (AvgIpc) is 2.01. The lowest BCUT2D eigenvalue weighted by atomic mass is 10.1. The predicted molar refractivity (Wildman–Crippen MR) is 47.1 cm³/mol. The van der Waals surface area contributed by atoms with E-state index in [4.69, 9.17) is 4.74 Å². The second-order valence-electron chi connectivity index (χ2n) is 3.99. The Morgan fingerprint density at radius 2 is 1.93 bits per heavy atom. The van der Waals surface area contributed by atoms with E-state index in [1.54, 1.807) is 20.8 Å². The quantitative estimate of drug-likeness (QED) is 0.658. The second-order valence-corrected chi connectivity index (χ2v) is 3.99. The average molecular weight is 211 g/mol. The van der Waals surface area contributed by atoms with Crippen LogP contribution in [-0.4, -0.2) is 42.4 Å². The van der Waals surface area contributed by atoms with Gasteiger partial charge in [-0.25, -0.2) is 0 Å². The van der Waals surface area contributed by atoms with Crippen molar-refractivity contribution in [1.29, 1.82) is 0 Å². The van der Waals surface area contributed by atoms with Crippen LogP contribution in [-0.2, 0) is 4.74 Å². The fraction of sp³-hybridized carbons (Fsp3) is 1.00. The van der Waals surface area contributed by atoms with Crippen LogP contribution < -0.4 is 0 Å². The van der Waals surface area contributed by atoms with Crippen molar-refractivity contribution in [2.75, 3.05) is 13.2 Å². The maximum Gasteiger partial charge on any atom is 0.406 e. The van der Waals surface area contributed by atoms with Gasteiger partial charge < -0.3 is 4.74 Å². The maximum atomic E-state index is 12.6.